The summed E-state index contributed by atoms with van der Waals surface area (Å²) >= 11 is 22.2. The van der Waals surface area contributed by atoms with Gasteiger partial charge in [0.15, 0.2) is 5.25 Å². The third-order valence-corrected chi connectivity index (χ3v) is 8.11. The highest BCUT2D eigenvalue weighted by atomic mass is 35.5. The van der Waals surface area contributed by atoms with E-state index in [1.165, 1.54) is 6.92 Å². The summed E-state index contributed by atoms with van der Waals surface area (Å²) in [5.41, 5.74) is 0.575. The molecule has 0 aliphatic heterocycles. The third kappa shape index (κ3) is 5.53. The molecule has 0 N–H and O–H groups in total. The third-order valence-electron chi connectivity index (χ3n) is 2.61. The van der Waals surface area contributed by atoms with Crippen LogP contribution >= 0.6 is 58.4 Å². The van der Waals surface area contributed by atoms with Gasteiger partial charge >= 0.3 is 4.59 Å². The van der Waals surface area contributed by atoms with E-state index >= 15 is 0 Å². The van der Waals surface area contributed by atoms with Crippen LogP contribution in [0.5, 0.6) is 0 Å². The van der Waals surface area contributed by atoms with Crippen molar-refractivity contribution in [2.45, 2.75) is 27.0 Å². The highest BCUT2D eigenvalue weighted by Crippen LogP contribution is 2.53. The number of nitriles is 1. The predicted octanol–water partition coefficient (Wildman–Crippen LogP) is 4.61. The number of hydrogen-bond donors (Lipinski definition) is 0. The molecule has 0 radical (unpaired) electrons. The molecule has 1 aromatic carbocycles. The van der Waals surface area contributed by atoms with Gasteiger partial charge in [0, 0.05) is 0 Å². The van der Waals surface area contributed by atoms with Crippen molar-refractivity contribution in [3.8, 4) is 6.07 Å². The molecule has 1 aromatic rings. The Morgan fingerprint density at radius 3 is 2.26 bits per heavy atom. The minimum atomic E-state index is -4.16. The van der Waals surface area contributed by atoms with Crippen LogP contribution in [0, 0.1) is 11.3 Å². The van der Waals surface area contributed by atoms with Gasteiger partial charge in [0.25, 0.3) is 0 Å². The van der Waals surface area contributed by atoms with Crippen LogP contribution in [0.2, 0.25) is 0 Å². The molecule has 1 atom stereocenters. The minimum Gasteiger partial charge on any atom is -0.210 e. The van der Waals surface area contributed by atoms with Gasteiger partial charge in [-0.1, -0.05) is 76.7 Å². The molecule has 128 valence electrons. The van der Waals surface area contributed by atoms with Crippen molar-refractivity contribution >= 4 is 68.4 Å². The summed E-state index contributed by atoms with van der Waals surface area (Å²) in [7, 11) is -4.16. The van der Waals surface area contributed by atoms with Gasteiger partial charge in [-0.25, -0.2) is 12.8 Å². The second kappa shape index (κ2) is 7.96. The molecule has 1 unspecified atom stereocenters. The zero-order valence-electron chi connectivity index (χ0n) is 11.6. The smallest absolute Gasteiger partial charge is 0.210 e. The molecule has 0 fully saturated rings. The average molecular weight is 440 g/mol. The van der Waals surface area contributed by atoms with Gasteiger partial charge in [0.2, 0.25) is 13.7 Å². The largest absolute Gasteiger partial charge is 0.301 e. The van der Waals surface area contributed by atoms with Crippen molar-refractivity contribution < 1.29 is 12.8 Å². The van der Waals surface area contributed by atoms with Gasteiger partial charge in [-0.15, -0.1) is 3.71 Å². The molecule has 0 saturated heterocycles. The number of sulfonamides is 1. The van der Waals surface area contributed by atoms with Crippen molar-refractivity contribution in [2.75, 3.05) is 0 Å². The summed E-state index contributed by atoms with van der Waals surface area (Å²) in [6, 6.07) is 10.0. The first-order valence-electron chi connectivity index (χ1n) is 6.00. The Hall–Kier alpha value is 0.0600. The fourth-order valence-corrected chi connectivity index (χ4v) is 4.81. The molecule has 0 amide bonds. The van der Waals surface area contributed by atoms with Gasteiger partial charge in [-0.2, -0.15) is 5.26 Å². The molecule has 0 heterocycles. The summed E-state index contributed by atoms with van der Waals surface area (Å²) < 4.78 is 33.6. The van der Waals surface area contributed by atoms with Gasteiger partial charge in [-0.3, -0.25) is 0 Å². The van der Waals surface area contributed by atoms with Crippen LogP contribution in [0.1, 0.15) is 12.5 Å². The van der Waals surface area contributed by atoms with Crippen LogP contribution in [0.4, 0.5) is 4.39 Å². The molecule has 0 spiro atoms. The number of rotatable bonds is 7. The Kier molecular flexibility index (Phi) is 7.30. The van der Waals surface area contributed by atoms with Crippen LogP contribution in [-0.4, -0.2) is 25.6 Å². The molecule has 0 aliphatic carbocycles. The summed E-state index contributed by atoms with van der Waals surface area (Å²) in [6.07, 6.45) is 0. The van der Waals surface area contributed by atoms with Crippen molar-refractivity contribution in [1.29, 1.82) is 5.26 Å². The zero-order chi connectivity index (χ0) is 17.9. The molecular formula is C12H11Cl4FN2O2S2. The fourth-order valence-electron chi connectivity index (χ4n) is 1.33. The van der Waals surface area contributed by atoms with E-state index in [1.807, 2.05) is 0 Å². The number of benzene rings is 1. The van der Waals surface area contributed by atoms with E-state index in [0.717, 1.165) is 0 Å². The number of halogens is 5. The maximum atomic E-state index is 13.7. The maximum Gasteiger partial charge on any atom is 0.301 e. The highest BCUT2D eigenvalue weighted by molar-refractivity contribution is 8.11. The predicted molar refractivity (Wildman–Crippen MR) is 93.6 cm³/mol. The second-order valence-electron chi connectivity index (χ2n) is 4.37. The summed E-state index contributed by atoms with van der Waals surface area (Å²) in [4.78, 5) is 0. The van der Waals surface area contributed by atoms with Crippen molar-refractivity contribution in [1.82, 2.24) is 3.71 Å². The lowest BCUT2D eigenvalue weighted by molar-refractivity contribution is 0.398. The van der Waals surface area contributed by atoms with E-state index in [0.29, 0.717) is 9.27 Å². The standard InChI is InChI=1S/C12H11Cl4FN2O2S2/c1-9(7-18)23(20,21)19(8-10-5-3-2-4-6-10)22-12(15,16)11(13,14)17/h2-6,9H,8H2,1H3. The normalized spacial score (nSPS) is 14.5. The fraction of sp³-hybridized carbons (Fsp3) is 0.417. The van der Waals surface area contributed by atoms with E-state index in [9.17, 15) is 12.8 Å². The minimum absolute atomic E-state index is 0.186. The molecule has 0 saturated carbocycles. The molecule has 0 bridgehead atoms. The van der Waals surface area contributed by atoms with Crippen molar-refractivity contribution in [2.24, 2.45) is 0 Å². The second-order valence-corrected chi connectivity index (χ2v) is 11.0. The highest BCUT2D eigenvalue weighted by Gasteiger charge is 2.52. The van der Waals surface area contributed by atoms with Crippen LogP contribution in [-0.2, 0) is 16.6 Å². The molecule has 11 heteroatoms. The van der Waals surface area contributed by atoms with E-state index < -0.39 is 23.5 Å². The first-order chi connectivity index (χ1) is 10.4. The van der Waals surface area contributed by atoms with Crippen LogP contribution < -0.4 is 0 Å². The number of nitrogens with zero attached hydrogens (tertiary/aromatic N) is 2. The Balaban J connectivity index is 3.20. The monoisotopic (exact) mass is 438 g/mol. The lowest BCUT2D eigenvalue weighted by Crippen LogP contribution is -2.38. The SMILES string of the molecule is CC(C#N)S(=O)(=O)N(Cc1ccccc1)SC(Cl)(Cl)C(F)(Cl)Cl. The molecular weight excluding hydrogens is 429 g/mol. The van der Waals surface area contributed by atoms with Crippen LogP contribution in [0.25, 0.3) is 0 Å². The number of hydrogen-bond acceptors (Lipinski definition) is 4. The molecule has 0 aromatic heterocycles. The lowest BCUT2D eigenvalue weighted by Gasteiger charge is -2.31. The summed E-state index contributed by atoms with van der Waals surface area (Å²) in [6.45, 7) is 0.979. The first kappa shape index (κ1) is 21.1. The Morgan fingerprint density at radius 2 is 1.83 bits per heavy atom. The Morgan fingerprint density at radius 1 is 1.30 bits per heavy atom. The molecule has 23 heavy (non-hydrogen) atoms. The molecule has 4 nitrogen and oxygen atoms in total. The van der Waals surface area contributed by atoms with Gasteiger partial charge in [0.05, 0.1) is 12.6 Å². The molecule has 1 rings (SSSR count). The molecule has 0 aliphatic rings. The lowest BCUT2D eigenvalue weighted by atomic mass is 10.2. The van der Waals surface area contributed by atoms with Crippen molar-refractivity contribution in [3.05, 3.63) is 35.9 Å². The zero-order valence-corrected chi connectivity index (χ0v) is 16.2. The van der Waals surface area contributed by atoms with E-state index in [4.69, 9.17) is 51.7 Å². The average Bonchev–Trinajstić information content (AvgIpc) is 2.45. The van der Waals surface area contributed by atoms with E-state index in [1.54, 1.807) is 36.4 Å². The maximum absolute atomic E-state index is 13.7. The van der Waals surface area contributed by atoms with Crippen LogP contribution in [0.3, 0.4) is 0 Å². The van der Waals surface area contributed by atoms with Gasteiger partial charge in [0.1, 0.15) is 0 Å². The van der Waals surface area contributed by atoms with E-state index in [-0.39, 0.29) is 18.5 Å². The van der Waals surface area contributed by atoms with Crippen LogP contribution in [0.15, 0.2) is 30.3 Å². The number of alkyl halides is 5. The Labute approximate surface area is 158 Å². The first-order valence-corrected chi connectivity index (χ1v) is 9.79. The topological polar surface area (TPSA) is 61.2 Å². The van der Waals surface area contributed by atoms with Crippen molar-refractivity contribution in [3.63, 3.8) is 0 Å². The quantitative estimate of drug-likeness (QED) is 0.459. The van der Waals surface area contributed by atoms with Gasteiger partial charge in [-0.05, 0) is 24.4 Å². The Bertz CT molecular complexity index is 675. The van der Waals surface area contributed by atoms with Gasteiger partial charge < -0.3 is 0 Å². The summed E-state index contributed by atoms with van der Waals surface area (Å²) in [5, 5.41) is 7.49. The summed E-state index contributed by atoms with van der Waals surface area (Å²) in [5.74, 6) is 0. The van der Waals surface area contributed by atoms with E-state index in [2.05, 4.69) is 0 Å².